The largest absolute Gasteiger partial charge is 0.368 e. The van der Waals surface area contributed by atoms with Crippen LogP contribution in [0.25, 0.3) is 16.7 Å². The van der Waals surface area contributed by atoms with Gasteiger partial charge in [-0.3, -0.25) is 9.20 Å². The Hall–Kier alpha value is -3.49. The van der Waals surface area contributed by atoms with E-state index in [-0.39, 0.29) is 17.8 Å². The molecule has 0 aliphatic heterocycles. The summed E-state index contributed by atoms with van der Waals surface area (Å²) >= 11 is 0. The number of amides is 1. The molecule has 4 aromatic heterocycles. The van der Waals surface area contributed by atoms with Crippen molar-refractivity contribution in [3.05, 3.63) is 60.2 Å². The van der Waals surface area contributed by atoms with Gasteiger partial charge in [0.05, 0.1) is 5.56 Å². The van der Waals surface area contributed by atoms with E-state index < -0.39 is 12.3 Å². The van der Waals surface area contributed by atoms with Crippen LogP contribution in [0.4, 0.5) is 14.6 Å². The van der Waals surface area contributed by atoms with Crippen molar-refractivity contribution in [2.45, 2.75) is 44.2 Å². The van der Waals surface area contributed by atoms with E-state index in [2.05, 4.69) is 19.9 Å². The summed E-state index contributed by atoms with van der Waals surface area (Å²) in [6.45, 7) is 0. The van der Waals surface area contributed by atoms with Crippen LogP contribution in [0.5, 0.6) is 0 Å². The first kappa shape index (κ1) is 19.5. The first-order valence-corrected chi connectivity index (χ1v) is 10.3. The lowest BCUT2D eigenvalue weighted by Crippen LogP contribution is -2.28. The molecule has 0 unspecified atom stereocenters. The number of halogens is 2. The van der Waals surface area contributed by atoms with Crippen molar-refractivity contribution < 1.29 is 13.6 Å². The predicted molar refractivity (Wildman–Crippen MR) is 113 cm³/mol. The Labute approximate surface area is 176 Å². The minimum Gasteiger partial charge on any atom is -0.368 e. The van der Waals surface area contributed by atoms with Gasteiger partial charge < -0.3 is 15.6 Å². The molecule has 1 aliphatic carbocycles. The van der Waals surface area contributed by atoms with Gasteiger partial charge >= 0.3 is 0 Å². The second-order valence-corrected chi connectivity index (χ2v) is 7.94. The minimum atomic E-state index is -2.59. The van der Waals surface area contributed by atoms with E-state index in [4.69, 9.17) is 5.73 Å². The molecule has 160 valence electrons. The highest BCUT2D eigenvalue weighted by atomic mass is 19.3. The van der Waals surface area contributed by atoms with Crippen LogP contribution in [0.3, 0.4) is 0 Å². The van der Waals surface area contributed by atoms with E-state index >= 15 is 0 Å². The molecule has 0 radical (unpaired) electrons. The molecule has 4 aromatic rings. The van der Waals surface area contributed by atoms with Crippen molar-refractivity contribution in [2.24, 2.45) is 5.73 Å². The molecule has 4 heterocycles. The highest BCUT2D eigenvalue weighted by Crippen LogP contribution is 2.33. The molecular formula is C22H22F2N6O. The molecular weight excluding hydrogens is 402 g/mol. The molecule has 0 atom stereocenters. The van der Waals surface area contributed by atoms with Crippen LogP contribution in [0, 0.1) is 0 Å². The van der Waals surface area contributed by atoms with Crippen molar-refractivity contribution in [1.29, 1.82) is 0 Å². The number of primary amides is 1. The SMILES string of the molecule is NC(=O)c1ccnc2c1ccn2C1CCC(Nc2cccc3nc(C(F)F)cn23)CC1. The van der Waals surface area contributed by atoms with E-state index in [1.54, 1.807) is 22.7 Å². The molecule has 9 heteroatoms. The third-order valence-electron chi connectivity index (χ3n) is 6.06. The lowest BCUT2D eigenvalue weighted by Gasteiger charge is -2.31. The van der Waals surface area contributed by atoms with Gasteiger partial charge in [0, 0.05) is 36.1 Å². The zero-order valence-electron chi connectivity index (χ0n) is 16.7. The highest BCUT2D eigenvalue weighted by molar-refractivity contribution is 6.04. The van der Waals surface area contributed by atoms with Crippen molar-refractivity contribution in [3.63, 3.8) is 0 Å². The number of pyridine rings is 2. The summed E-state index contributed by atoms with van der Waals surface area (Å²) in [6, 6.07) is 9.47. The third-order valence-corrected chi connectivity index (χ3v) is 6.06. The molecule has 0 spiro atoms. The topological polar surface area (TPSA) is 90.2 Å². The Kier molecular flexibility index (Phi) is 4.80. The third kappa shape index (κ3) is 3.49. The maximum Gasteiger partial charge on any atom is 0.281 e. The van der Waals surface area contributed by atoms with Gasteiger partial charge in [0.15, 0.2) is 0 Å². The number of hydrogen-bond acceptors (Lipinski definition) is 4. The number of nitrogens with two attached hydrogens (primary N) is 1. The Morgan fingerprint density at radius 1 is 1.16 bits per heavy atom. The smallest absolute Gasteiger partial charge is 0.281 e. The number of carbonyl (C=O) groups excluding carboxylic acids is 1. The molecule has 31 heavy (non-hydrogen) atoms. The number of nitrogens with one attached hydrogen (secondary N) is 1. The van der Waals surface area contributed by atoms with Gasteiger partial charge in [0.1, 0.15) is 22.8 Å². The standard InChI is InChI=1S/C22H22F2N6O/c23-20(24)17-12-30-18(2-1-3-19(30)28-17)27-13-4-6-14(7-5-13)29-11-9-16-15(21(25)31)8-10-26-22(16)29/h1-3,8-14,20,27H,4-7H2,(H2,25,31). The molecule has 3 N–H and O–H groups in total. The van der Waals surface area contributed by atoms with Crippen molar-refractivity contribution in [3.8, 4) is 0 Å². The average Bonchev–Trinajstić information content (AvgIpc) is 3.39. The maximum absolute atomic E-state index is 13.0. The first-order valence-electron chi connectivity index (χ1n) is 10.3. The number of fused-ring (bicyclic) bond motifs is 2. The number of anilines is 1. The number of carbonyl (C=O) groups is 1. The summed E-state index contributed by atoms with van der Waals surface area (Å²) in [4.78, 5) is 20.1. The van der Waals surface area contributed by atoms with Gasteiger partial charge in [-0.05, 0) is 49.9 Å². The second kappa shape index (κ2) is 7.64. The average molecular weight is 424 g/mol. The summed E-state index contributed by atoms with van der Waals surface area (Å²) in [5, 5.41) is 4.27. The molecule has 1 amide bonds. The van der Waals surface area contributed by atoms with Crippen molar-refractivity contribution in [1.82, 2.24) is 18.9 Å². The molecule has 7 nitrogen and oxygen atoms in total. The van der Waals surface area contributed by atoms with Crippen LogP contribution < -0.4 is 11.1 Å². The van der Waals surface area contributed by atoms with E-state index in [0.717, 1.165) is 42.5 Å². The fourth-order valence-electron chi connectivity index (χ4n) is 4.53. The lowest BCUT2D eigenvalue weighted by atomic mass is 9.91. The summed E-state index contributed by atoms with van der Waals surface area (Å²) in [5.74, 6) is 0.307. The second-order valence-electron chi connectivity index (χ2n) is 7.94. The zero-order chi connectivity index (χ0) is 21.5. The fourth-order valence-corrected chi connectivity index (χ4v) is 4.53. The molecule has 0 aromatic carbocycles. The first-order chi connectivity index (χ1) is 15.0. The van der Waals surface area contributed by atoms with Crippen LogP contribution in [0.2, 0.25) is 0 Å². The van der Waals surface area contributed by atoms with Gasteiger partial charge in [-0.25, -0.2) is 18.7 Å². The number of alkyl halides is 2. The number of rotatable bonds is 5. The Bertz CT molecular complexity index is 1260. The number of aromatic nitrogens is 4. The van der Waals surface area contributed by atoms with Gasteiger partial charge in [-0.1, -0.05) is 6.07 Å². The fraction of sp³-hybridized carbons (Fsp3) is 0.318. The van der Waals surface area contributed by atoms with Crippen LogP contribution in [0.1, 0.15) is 54.2 Å². The molecule has 5 rings (SSSR count). The monoisotopic (exact) mass is 424 g/mol. The molecule has 0 saturated heterocycles. The van der Waals surface area contributed by atoms with Gasteiger partial charge in [-0.2, -0.15) is 0 Å². The van der Waals surface area contributed by atoms with Crippen molar-refractivity contribution in [2.75, 3.05) is 5.32 Å². The summed E-state index contributed by atoms with van der Waals surface area (Å²) in [6.07, 6.45) is 6.11. The Morgan fingerprint density at radius 3 is 2.71 bits per heavy atom. The van der Waals surface area contributed by atoms with Crippen molar-refractivity contribution >= 4 is 28.4 Å². The zero-order valence-corrected chi connectivity index (χ0v) is 16.7. The van der Waals surface area contributed by atoms with E-state index in [1.807, 2.05) is 24.4 Å². The van der Waals surface area contributed by atoms with Crippen LogP contribution in [-0.4, -0.2) is 30.9 Å². The molecule has 1 fully saturated rings. The van der Waals surface area contributed by atoms with E-state index in [1.165, 1.54) is 6.20 Å². The summed E-state index contributed by atoms with van der Waals surface area (Å²) < 4.78 is 29.9. The molecule has 1 aliphatic rings. The Morgan fingerprint density at radius 2 is 1.97 bits per heavy atom. The summed E-state index contributed by atoms with van der Waals surface area (Å²) in [5.41, 5.74) is 7.02. The van der Waals surface area contributed by atoms with E-state index in [0.29, 0.717) is 11.2 Å². The number of nitrogens with zero attached hydrogens (tertiary/aromatic N) is 4. The number of hydrogen-bond donors (Lipinski definition) is 2. The van der Waals surface area contributed by atoms with Crippen LogP contribution in [-0.2, 0) is 0 Å². The Balaban J connectivity index is 1.32. The van der Waals surface area contributed by atoms with E-state index in [9.17, 15) is 13.6 Å². The predicted octanol–water partition coefficient (Wildman–Crippen LogP) is 4.32. The van der Waals surface area contributed by atoms with Gasteiger partial charge in [-0.15, -0.1) is 0 Å². The van der Waals surface area contributed by atoms with Gasteiger partial charge in [0.25, 0.3) is 6.43 Å². The normalized spacial score (nSPS) is 19.3. The number of imidazole rings is 1. The quantitative estimate of drug-likeness (QED) is 0.499. The maximum atomic E-state index is 13.0. The van der Waals surface area contributed by atoms with Gasteiger partial charge in [0.2, 0.25) is 5.91 Å². The highest BCUT2D eigenvalue weighted by Gasteiger charge is 2.25. The summed E-state index contributed by atoms with van der Waals surface area (Å²) in [7, 11) is 0. The van der Waals surface area contributed by atoms with Crippen LogP contribution in [0.15, 0.2) is 48.9 Å². The van der Waals surface area contributed by atoms with Crippen LogP contribution >= 0.6 is 0 Å². The minimum absolute atomic E-state index is 0.222. The lowest BCUT2D eigenvalue weighted by molar-refractivity contribution is 0.100. The molecule has 0 bridgehead atoms. The molecule has 1 saturated carbocycles.